The van der Waals surface area contributed by atoms with Crippen molar-refractivity contribution in [3.63, 3.8) is 0 Å². The van der Waals surface area contributed by atoms with Crippen LogP contribution in [0, 0.1) is 6.92 Å². The van der Waals surface area contributed by atoms with Crippen molar-refractivity contribution in [3.05, 3.63) is 20.3 Å². The smallest absolute Gasteiger partial charge is 0.217 e. The lowest BCUT2D eigenvalue weighted by atomic mass is 10.3. The second-order valence-electron chi connectivity index (χ2n) is 3.36. The monoisotopic (exact) mass is 290 g/mol. The van der Waals surface area contributed by atoms with Gasteiger partial charge in [0, 0.05) is 27.2 Å². The number of rotatable bonds is 6. The van der Waals surface area contributed by atoms with Gasteiger partial charge in [0.1, 0.15) is 0 Å². The molecule has 0 spiro atoms. The first-order chi connectivity index (χ1) is 7.09. The van der Waals surface area contributed by atoms with Gasteiger partial charge in [0.05, 0.1) is 0 Å². The van der Waals surface area contributed by atoms with Gasteiger partial charge in [0.15, 0.2) is 0 Å². The van der Waals surface area contributed by atoms with E-state index in [0.29, 0.717) is 6.42 Å². The van der Waals surface area contributed by atoms with Gasteiger partial charge in [-0.3, -0.25) is 4.79 Å². The Morgan fingerprint density at radius 1 is 1.67 bits per heavy atom. The summed E-state index contributed by atoms with van der Waals surface area (Å²) in [5.74, 6) is -0.230. The molecule has 1 aromatic heterocycles. The molecule has 0 fully saturated rings. The molecular weight excluding hydrogens is 276 g/mol. The third kappa shape index (κ3) is 4.77. The molecule has 0 saturated heterocycles. The van der Waals surface area contributed by atoms with Crippen LogP contribution < -0.4 is 11.1 Å². The van der Waals surface area contributed by atoms with E-state index in [2.05, 4.69) is 34.2 Å². The topological polar surface area (TPSA) is 55.1 Å². The third-order valence-electron chi connectivity index (χ3n) is 1.98. The number of carbonyl (C=O) groups is 1. The van der Waals surface area contributed by atoms with Crippen molar-refractivity contribution in [2.75, 3.05) is 6.54 Å². The second kappa shape index (κ2) is 6.25. The van der Waals surface area contributed by atoms with E-state index >= 15 is 0 Å². The zero-order chi connectivity index (χ0) is 11.3. The van der Waals surface area contributed by atoms with E-state index in [-0.39, 0.29) is 5.91 Å². The molecule has 0 aliphatic rings. The summed E-state index contributed by atoms with van der Waals surface area (Å²) in [5, 5.41) is 3.28. The predicted octanol–water partition coefficient (Wildman–Crippen LogP) is 2.17. The van der Waals surface area contributed by atoms with Crippen LogP contribution >= 0.6 is 27.3 Å². The Morgan fingerprint density at radius 3 is 2.93 bits per heavy atom. The highest BCUT2D eigenvalue weighted by atomic mass is 79.9. The van der Waals surface area contributed by atoms with Gasteiger partial charge < -0.3 is 11.1 Å². The van der Waals surface area contributed by atoms with Gasteiger partial charge in [-0.2, -0.15) is 0 Å². The minimum atomic E-state index is -0.230. The first kappa shape index (κ1) is 12.7. The Kier molecular flexibility index (Phi) is 5.28. The molecule has 0 saturated carbocycles. The van der Waals surface area contributed by atoms with E-state index in [1.54, 1.807) is 11.3 Å². The highest BCUT2D eigenvalue weighted by molar-refractivity contribution is 9.10. The number of halogens is 1. The lowest BCUT2D eigenvalue weighted by Gasteiger charge is -2.00. The maximum absolute atomic E-state index is 10.5. The average Bonchev–Trinajstić information content (AvgIpc) is 2.45. The highest BCUT2D eigenvalue weighted by Crippen LogP contribution is 2.25. The minimum absolute atomic E-state index is 0.230. The van der Waals surface area contributed by atoms with Crippen LogP contribution in [-0.4, -0.2) is 12.5 Å². The van der Waals surface area contributed by atoms with Crippen molar-refractivity contribution in [2.45, 2.75) is 26.3 Å². The molecule has 0 aromatic carbocycles. The Labute approximate surface area is 102 Å². The molecule has 0 unspecified atom stereocenters. The number of hydrogen-bond acceptors (Lipinski definition) is 3. The zero-order valence-electron chi connectivity index (χ0n) is 8.68. The molecule has 3 N–H and O–H groups in total. The normalized spacial score (nSPS) is 10.5. The molecular formula is C10H15BrN2OS. The van der Waals surface area contributed by atoms with E-state index in [1.807, 2.05) is 0 Å². The van der Waals surface area contributed by atoms with Gasteiger partial charge in [0.2, 0.25) is 5.91 Å². The van der Waals surface area contributed by atoms with Gasteiger partial charge in [-0.1, -0.05) is 0 Å². The first-order valence-electron chi connectivity index (χ1n) is 4.83. The van der Waals surface area contributed by atoms with E-state index in [0.717, 1.165) is 19.5 Å². The van der Waals surface area contributed by atoms with Crippen molar-refractivity contribution >= 4 is 33.2 Å². The van der Waals surface area contributed by atoms with Crippen LogP contribution in [0.25, 0.3) is 0 Å². The summed E-state index contributed by atoms with van der Waals surface area (Å²) < 4.78 is 1.17. The summed E-state index contributed by atoms with van der Waals surface area (Å²) in [6.45, 7) is 3.78. The largest absolute Gasteiger partial charge is 0.370 e. The molecule has 1 heterocycles. The molecule has 5 heteroatoms. The maximum Gasteiger partial charge on any atom is 0.217 e. The summed E-state index contributed by atoms with van der Waals surface area (Å²) in [4.78, 5) is 13.1. The van der Waals surface area contributed by atoms with Gasteiger partial charge in [-0.15, -0.1) is 11.3 Å². The quantitative estimate of drug-likeness (QED) is 0.789. The van der Waals surface area contributed by atoms with Crippen LogP contribution in [-0.2, 0) is 11.3 Å². The lowest BCUT2D eigenvalue weighted by Crippen LogP contribution is -2.17. The summed E-state index contributed by atoms with van der Waals surface area (Å²) >= 11 is 5.26. The SMILES string of the molecule is Cc1sc(CNCCCC(N)=O)cc1Br. The second-order valence-corrected chi connectivity index (χ2v) is 5.56. The van der Waals surface area contributed by atoms with Crippen LogP contribution in [0.5, 0.6) is 0 Å². The van der Waals surface area contributed by atoms with Crippen molar-refractivity contribution in [1.82, 2.24) is 5.32 Å². The number of hydrogen-bond donors (Lipinski definition) is 2. The van der Waals surface area contributed by atoms with Gasteiger partial charge in [-0.25, -0.2) is 0 Å². The Hall–Kier alpha value is -0.390. The van der Waals surface area contributed by atoms with Gasteiger partial charge in [0.25, 0.3) is 0 Å². The van der Waals surface area contributed by atoms with E-state index in [4.69, 9.17) is 5.73 Å². The zero-order valence-corrected chi connectivity index (χ0v) is 11.1. The van der Waals surface area contributed by atoms with E-state index < -0.39 is 0 Å². The van der Waals surface area contributed by atoms with Crippen LogP contribution in [0.1, 0.15) is 22.6 Å². The number of carbonyl (C=O) groups excluding carboxylic acids is 1. The predicted molar refractivity (Wildman–Crippen MR) is 66.9 cm³/mol. The fraction of sp³-hybridized carbons (Fsp3) is 0.500. The van der Waals surface area contributed by atoms with Crippen molar-refractivity contribution < 1.29 is 4.79 Å². The van der Waals surface area contributed by atoms with Crippen LogP contribution in [0.4, 0.5) is 0 Å². The van der Waals surface area contributed by atoms with Gasteiger partial charge >= 0.3 is 0 Å². The molecule has 1 rings (SSSR count). The van der Waals surface area contributed by atoms with E-state index in [1.165, 1.54) is 14.2 Å². The third-order valence-corrected chi connectivity index (χ3v) is 4.12. The van der Waals surface area contributed by atoms with Crippen molar-refractivity contribution in [1.29, 1.82) is 0 Å². The summed E-state index contributed by atoms with van der Waals surface area (Å²) in [5.41, 5.74) is 5.04. The number of nitrogens with two attached hydrogens (primary N) is 1. The molecule has 3 nitrogen and oxygen atoms in total. The number of nitrogens with one attached hydrogen (secondary N) is 1. The molecule has 0 aliphatic heterocycles. The Bertz CT molecular complexity index is 319. The molecule has 15 heavy (non-hydrogen) atoms. The highest BCUT2D eigenvalue weighted by Gasteiger charge is 2.02. The lowest BCUT2D eigenvalue weighted by molar-refractivity contribution is -0.118. The summed E-state index contributed by atoms with van der Waals surface area (Å²) in [7, 11) is 0. The Morgan fingerprint density at radius 2 is 2.40 bits per heavy atom. The number of primary amides is 1. The molecule has 0 aliphatic carbocycles. The number of aryl methyl sites for hydroxylation is 1. The standard InChI is InChI=1S/C10H15BrN2OS/c1-7-9(11)5-8(15-7)6-13-4-2-3-10(12)14/h5,13H,2-4,6H2,1H3,(H2,12,14). The molecule has 0 atom stereocenters. The summed E-state index contributed by atoms with van der Waals surface area (Å²) in [6.07, 6.45) is 1.26. The average molecular weight is 291 g/mol. The van der Waals surface area contributed by atoms with Crippen molar-refractivity contribution in [3.8, 4) is 0 Å². The Balaban J connectivity index is 2.18. The molecule has 84 valence electrons. The number of thiophene rings is 1. The fourth-order valence-corrected chi connectivity index (χ4v) is 2.78. The first-order valence-corrected chi connectivity index (χ1v) is 6.44. The van der Waals surface area contributed by atoms with Crippen LogP contribution in [0.3, 0.4) is 0 Å². The van der Waals surface area contributed by atoms with Crippen molar-refractivity contribution in [2.24, 2.45) is 5.73 Å². The van der Waals surface area contributed by atoms with E-state index in [9.17, 15) is 4.79 Å². The number of amides is 1. The molecule has 1 aromatic rings. The van der Waals surface area contributed by atoms with Gasteiger partial charge in [-0.05, 0) is 41.9 Å². The molecule has 0 radical (unpaired) electrons. The van der Waals surface area contributed by atoms with Crippen LogP contribution in [0.2, 0.25) is 0 Å². The van der Waals surface area contributed by atoms with Crippen LogP contribution in [0.15, 0.2) is 10.5 Å². The fourth-order valence-electron chi connectivity index (χ4n) is 1.20. The maximum atomic E-state index is 10.5. The minimum Gasteiger partial charge on any atom is -0.370 e. The molecule has 0 bridgehead atoms. The molecule has 1 amide bonds. The summed E-state index contributed by atoms with van der Waals surface area (Å²) in [6, 6.07) is 2.13.